The lowest BCUT2D eigenvalue weighted by Crippen LogP contribution is -2.38. The fourth-order valence-corrected chi connectivity index (χ4v) is 5.43. The van der Waals surface area contributed by atoms with Gasteiger partial charge in [-0.1, -0.05) is 12.1 Å². The molecule has 0 aromatic heterocycles. The number of carbonyl (C=O) groups is 2. The third kappa shape index (κ3) is 5.63. The van der Waals surface area contributed by atoms with Crippen molar-refractivity contribution in [1.82, 2.24) is 0 Å². The number of allylic oxidation sites excluding steroid dienone is 2. The number of Topliss-reactive ketones (excluding diaryl/α,β-unsaturated/α-hetero) is 1. The molecule has 4 rings (SSSR count). The van der Waals surface area contributed by atoms with Crippen molar-refractivity contribution in [2.24, 2.45) is 10.9 Å². The molecule has 1 aliphatic heterocycles. The second-order valence-electron chi connectivity index (χ2n) is 9.49. The number of carbonyl (C=O) groups excluding carboxylic acids is 2. The van der Waals surface area contributed by atoms with E-state index in [1.165, 1.54) is 28.4 Å². The molecule has 3 atom stereocenters. The van der Waals surface area contributed by atoms with Crippen LogP contribution in [0.5, 0.6) is 23.0 Å². The van der Waals surface area contributed by atoms with Crippen LogP contribution in [0.1, 0.15) is 42.7 Å². The maximum Gasteiger partial charge on any atom is 0.315 e. The predicted octanol–water partition coefficient (Wildman–Crippen LogP) is 4.49. The zero-order valence-electron chi connectivity index (χ0n) is 23.2. The van der Waals surface area contributed by atoms with Gasteiger partial charge < -0.3 is 28.4 Å². The van der Waals surface area contributed by atoms with E-state index in [0.717, 1.165) is 11.3 Å². The first-order valence-corrected chi connectivity index (χ1v) is 12.8. The van der Waals surface area contributed by atoms with Crippen molar-refractivity contribution in [2.75, 3.05) is 48.8 Å². The second kappa shape index (κ2) is 12.3. The van der Waals surface area contributed by atoms with Crippen LogP contribution in [-0.4, -0.2) is 66.2 Å². The Bertz CT molecular complexity index is 1260. The van der Waals surface area contributed by atoms with E-state index in [4.69, 9.17) is 33.4 Å². The van der Waals surface area contributed by atoms with Crippen molar-refractivity contribution in [3.05, 3.63) is 58.8 Å². The van der Waals surface area contributed by atoms with Crippen molar-refractivity contribution in [3.8, 4) is 23.0 Å². The molecule has 0 spiro atoms. The van der Waals surface area contributed by atoms with Crippen LogP contribution >= 0.6 is 0 Å². The fourth-order valence-electron chi connectivity index (χ4n) is 5.43. The molecular weight excluding hydrogens is 502 g/mol. The normalized spacial score (nSPS) is 20.6. The summed E-state index contributed by atoms with van der Waals surface area (Å²) in [6, 6.07) is 11.3. The highest BCUT2D eigenvalue weighted by atomic mass is 16.6. The number of aliphatic imine (C=N–C) groups is 1. The van der Waals surface area contributed by atoms with Gasteiger partial charge in [-0.3, -0.25) is 14.6 Å². The first-order chi connectivity index (χ1) is 18.9. The van der Waals surface area contributed by atoms with Gasteiger partial charge in [0, 0.05) is 36.4 Å². The fraction of sp³-hybridized carbons (Fsp3) is 0.433. The first kappa shape index (κ1) is 28.2. The van der Waals surface area contributed by atoms with E-state index in [9.17, 15) is 9.59 Å². The van der Waals surface area contributed by atoms with Crippen LogP contribution in [0.4, 0.5) is 0 Å². The topological polar surface area (TPSA) is 102 Å². The number of ketones is 1. The Labute approximate surface area is 228 Å². The standard InChI is InChI=1S/C30H35NO8/c1-17-26(30(33)39-12-11-34-2)27(20-15-24(36-4)29(38-6)25(16-20)37-5)28-22(31-17)13-19(14-23(28)32)18-7-9-21(35-3)10-8-18/h7-10,15-16,19,26-27H,11-14H2,1-6H3/t19-,26?,27+/m0/s1. The van der Waals surface area contributed by atoms with Gasteiger partial charge in [-0.25, -0.2) is 0 Å². The zero-order valence-corrected chi connectivity index (χ0v) is 23.2. The molecule has 0 fully saturated rings. The molecular formula is C30H35NO8. The molecule has 0 amide bonds. The molecule has 2 aliphatic rings. The summed E-state index contributed by atoms with van der Waals surface area (Å²) in [6.45, 7) is 2.17. The summed E-state index contributed by atoms with van der Waals surface area (Å²) in [4.78, 5) is 32.1. The van der Waals surface area contributed by atoms with Gasteiger partial charge in [-0.05, 0) is 54.7 Å². The number of benzene rings is 2. The lowest BCUT2D eigenvalue weighted by molar-refractivity contribution is -0.147. The van der Waals surface area contributed by atoms with Gasteiger partial charge in [-0.15, -0.1) is 0 Å². The molecule has 1 heterocycles. The highest BCUT2D eigenvalue weighted by molar-refractivity contribution is 6.09. The third-order valence-corrected chi connectivity index (χ3v) is 7.31. The van der Waals surface area contributed by atoms with Gasteiger partial charge in [0.2, 0.25) is 5.75 Å². The van der Waals surface area contributed by atoms with Gasteiger partial charge >= 0.3 is 5.97 Å². The van der Waals surface area contributed by atoms with Gasteiger partial charge in [0.15, 0.2) is 17.3 Å². The van der Waals surface area contributed by atoms with Crippen molar-refractivity contribution >= 4 is 17.5 Å². The Hall–Kier alpha value is -3.85. The molecule has 0 N–H and O–H groups in total. The molecule has 1 aliphatic carbocycles. The summed E-state index contributed by atoms with van der Waals surface area (Å²) in [7, 11) is 7.74. The van der Waals surface area contributed by atoms with Gasteiger partial charge in [0.05, 0.1) is 35.0 Å². The number of nitrogens with zero attached hydrogens (tertiary/aromatic N) is 1. The van der Waals surface area contributed by atoms with Crippen molar-refractivity contribution in [1.29, 1.82) is 0 Å². The Morgan fingerprint density at radius 1 is 0.872 bits per heavy atom. The number of methoxy groups -OCH3 is 5. The number of rotatable bonds is 10. The van der Waals surface area contributed by atoms with E-state index in [1.54, 1.807) is 26.2 Å². The summed E-state index contributed by atoms with van der Waals surface area (Å²) in [6.07, 6.45) is 0.864. The largest absolute Gasteiger partial charge is 0.497 e. The lowest BCUT2D eigenvalue weighted by Gasteiger charge is -2.36. The molecule has 0 radical (unpaired) electrons. The smallest absolute Gasteiger partial charge is 0.315 e. The number of hydrogen-bond acceptors (Lipinski definition) is 9. The summed E-state index contributed by atoms with van der Waals surface area (Å²) in [5, 5.41) is 0. The maximum absolute atomic E-state index is 13.9. The van der Waals surface area contributed by atoms with E-state index in [0.29, 0.717) is 52.6 Å². The third-order valence-electron chi connectivity index (χ3n) is 7.31. The van der Waals surface area contributed by atoms with Crippen LogP contribution in [-0.2, 0) is 19.1 Å². The number of esters is 1. The molecule has 0 saturated heterocycles. The molecule has 0 saturated carbocycles. The van der Waals surface area contributed by atoms with Gasteiger partial charge in [0.1, 0.15) is 18.3 Å². The van der Waals surface area contributed by atoms with Gasteiger partial charge in [0.25, 0.3) is 0 Å². The minimum Gasteiger partial charge on any atom is -0.497 e. The second-order valence-corrected chi connectivity index (χ2v) is 9.49. The van der Waals surface area contributed by atoms with Crippen LogP contribution in [0, 0.1) is 5.92 Å². The zero-order chi connectivity index (χ0) is 28.1. The minimum absolute atomic E-state index is 0.0375. The van der Waals surface area contributed by atoms with Crippen molar-refractivity contribution in [3.63, 3.8) is 0 Å². The Balaban J connectivity index is 1.82. The van der Waals surface area contributed by atoms with E-state index < -0.39 is 17.8 Å². The highest BCUT2D eigenvalue weighted by Crippen LogP contribution is 2.49. The van der Waals surface area contributed by atoms with E-state index in [2.05, 4.69) is 0 Å². The molecule has 9 nitrogen and oxygen atoms in total. The average molecular weight is 538 g/mol. The van der Waals surface area contributed by atoms with Crippen LogP contribution in [0.15, 0.2) is 52.7 Å². The quantitative estimate of drug-likeness (QED) is 0.323. The Morgan fingerprint density at radius 3 is 2.10 bits per heavy atom. The van der Waals surface area contributed by atoms with E-state index in [1.807, 2.05) is 24.3 Å². The van der Waals surface area contributed by atoms with E-state index in [-0.39, 0.29) is 24.9 Å². The Morgan fingerprint density at radius 2 is 1.54 bits per heavy atom. The maximum atomic E-state index is 13.9. The monoisotopic (exact) mass is 537 g/mol. The Kier molecular flexibility index (Phi) is 8.91. The summed E-state index contributed by atoms with van der Waals surface area (Å²) in [5.41, 5.74) is 3.50. The molecule has 1 unspecified atom stereocenters. The average Bonchev–Trinajstić information content (AvgIpc) is 2.95. The van der Waals surface area contributed by atoms with Crippen LogP contribution in [0.2, 0.25) is 0 Å². The molecule has 0 bridgehead atoms. The van der Waals surface area contributed by atoms with Crippen LogP contribution < -0.4 is 18.9 Å². The van der Waals surface area contributed by atoms with Gasteiger partial charge in [-0.2, -0.15) is 0 Å². The number of ether oxygens (including phenoxy) is 6. The lowest BCUT2D eigenvalue weighted by atomic mass is 9.69. The molecule has 2 aromatic rings. The number of hydrogen-bond donors (Lipinski definition) is 0. The SMILES string of the molecule is COCCOC(=O)C1C(C)=NC2=C(C(=O)C[C@@H](c3ccc(OC)cc3)C2)[C@@H]1c1cc(OC)c(OC)c(OC)c1. The molecule has 39 heavy (non-hydrogen) atoms. The molecule has 2 aromatic carbocycles. The predicted molar refractivity (Wildman–Crippen MR) is 145 cm³/mol. The highest BCUT2D eigenvalue weighted by Gasteiger charge is 2.45. The van der Waals surface area contributed by atoms with Crippen molar-refractivity contribution in [2.45, 2.75) is 31.6 Å². The first-order valence-electron chi connectivity index (χ1n) is 12.8. The van der Waals surface area contributed by atoms with E-state index >= 15 is 0 Å². The summed E-state index contributed by atoms with van der Waals surface area (Å²) in [5.74, 6) is 0.0444. The van der Waals surface area contributed by atoms with Crippen LogP contribution in [0.25, 0.3) is 0 Å². The minimum atomic E-state index is -0.801. The molecule has 208 valence electrons. The summed E-state index contributed by atoms with van der Waals surface area (Å²) < 4.78 is 32.6. The summed E-state index contributed by atoms with van der Waals surface area (Å²) >= 11 is 0. The molecule has 9 heteroatoms. The van der Waals surface area contributed by atoms with Crippen molar-refractivity contribution < 1.29 is 38.0 Å². The van der Waals surface area contributed by atoms with Crippen LogP contribution in [0.3, 0.4) is 0 Å².